The summed E-state index contributed by atoms with van der Waals surface area (Å²) >= 11 is 6.78. The SMILES string of the molecule is C[C@H](Cc1cccs1)NC(=O)c1ccc[nH]c1=S. The lowest BCUT2D eigenvalue weighted by Crippen LogP contribution is -2.34. The molecule has 94 valence electrons. The molecule has 0 saturated carbocycles. The molecule has 0 bridgehead atoms. The van der Waals surface area contributed by atoms with Gasteiger partial charge in [0.2, 0.25) is 0 Å². The minimum absolute atomic E-state index is 0.0887. The topological polar surface area (TPSA) is 44.9 Å². The zero-order valence-corrected chi connectivity index (χ0v) is 11.6. The maximum Gasteiger partial charge on any atom is 0.254 e. The van der Waals surface area contributed by atoms with Crippen LogP contribution in [0.1, 0.15) is 22.2 Å². The average molecular weight is 278 g/mol. The van der Waals surface area contributed by atoms with Gasteiger partial charge in [0, 0.05) is 23.5 Å². The summed E-state index contributed by atoms with van der Waals surface area (Å²) in [4.78, 5) is 16.1. The number of thiophene rings is 1. The molecule has 0 saturated heterocycles. The van der Waals surface area contributed by atoms with Crippen molar-refractivity contribution in [2.24, 2.45) is 0 Å². The van der Waals surface area contributed by atoms with Crippen LogP contribution in [0.4, 0.5) is 0 Å². The number of aromatic amines is 1. The molecule has 2 rings (SSSR count). The van der Waals surface area contributed by atoms with Crippen molar-refractivity contribution in [3.8, 4) is 0 Å². The van der Waals surface area contributed by atoms with E-state index in [0.29, 0.717) is 10.2 Å². The first-order chi connectivity index (χ1) is 8.66. The minimum Gasteiger partial charge on any atom is -0.352 e. The maximum absolute atomic E-state index is 12.0. The van der Waals surface area contributed by atoms with E-state index < -0.39 is 0 Å². The van der Waals surface area contributed by atoms with Crippen molar-refractivity contribution in [3.05, 3.63) is 50.9 Å². The molecular weight excluding hydrogens is 264 g/mol. The summed E-state index contributed by atoms with van der Waals surface area (Å²) in [5, 5.41) is 5.00. The van der Waals surface area contributed by atoms with E-state index in [-0.39, 0.29) is 11.9 Å². The molecule has 1 amide bonds. The second-order valence-corrected chi connectivity index (χ2v) is 5.51. The lowest BCUT2D eigenvalue weighted by molar-refractivity contribution is 0.0939. The highest BCUT2D eigenvalue weighted by molar-refractivity contribution is 7.71. The Morgan fingerprint density at radius 1 is 1.50 bits per heavy atom. The van der Waals surface area contributed by atoms with Gasteiger partial charge in [-0.15, -0.1) is 11.3 Å². The van der Waals surface area contributed by atoms with Crippen molar-refractivity contribution < 1.29 is 4.79 Å². The Morgan fingerprint density at radius 2 is 2.33 bits per heavy atom. The number of carbonyl (C=O) groups excluding carboxylic acids is 1. The van der Waals surface area contributed by atoms with Gasteiger partial charge in [0.15, 0.2) is 0 Å². The molecule has 0 spiro atoms. The molecule has 2 N–H and O–H groups in total. The second-order valence-electron chi connectivity index (χ2n) is 4.07. The first kappa shape index (κ1) is 13.0. The van der Waals surface area contributed by atoms with Crippen molar-refractivity contribution in [2.45, 2.75) is 19.4 Å². The Bertz CT molecular complexity index is 575. The van der Waals surface area contributed by atoms with Crippen LogP contribution in [0.25, 0.3) is 0 Å². The number of nitrogens with one attached hydrogen (secondary N) is 2. The van der Waals surface area contributed by atoms with Crippen molar-refractivity contribution in [2.75, 3.05) is 0 Å². The van der Waals surface area contributed by atoms with Crippen LogP contribution in [0.2, 0.25) is 0 Å². The lowest BCUT2D eigenvalue weighted by atomic mass is 10.2. The Morgan fingerprint density at radius 3 is 3.00 bits per heavy atom. The van der Waals surface area contributed by atoms with Crippen LogP contribution in [0, 0.1) is 4.64 Å². The number of rotatable bonds is 4. The van der Waals surface area contributed by atoms with Crippen molar-refractivity contribution in [1.82, 2.24) is 10.3 Å². The van der Waals surface area contributed by atoms with Crippen LogP contribution >= 0.6 is 23.6 Å². The van der Waals surface area contributed by atoms with Crippen LogP contribution in [0.15, 0.2) is 35.8 Å². The summed E-state index contributed by atoms with van der Waals surface area (Å²) in [7, 11) is 0. The van der Waals surface area contributed by atoms with Gasteiger partial charge in [0.25, 0.3) is 5.91 Å². The first-order valence-corrected chi connectivity index (χ1v) is 6.96. The number of carbonyl (C=O) groups is 1. The van der Waals surface area contributed by atoms with Gasteiger partial charge in [-0.05, 0) is 30.5 Å². The van der Waals surface area contributed by atoms with Gasteiger partial charge in [0.05, 0.1) is 5.56 Å². The zero-order chi connectivity index (χ0) is 13.0. The number of amides is 1. The Kier molecular flexibility index (Phi) is 4.28. The number of aromatic nitrogens is 1. The molecule has 2 aromatic rings. The molecule has 0 aromatic carbocycles. The lowest BCUT2D eigenvalue weighted by Gasteiger charge is -2.12. The predicted molar refractivity (Wildman–Crippen MR) is 76.6 cm³/mol. The average Bonchev–Trinajstić information content (AvgIpc) is 2.82. The van der Waals surface area contributed by atoms with Crippen molar-refractivity contribution in [3.63, 3.8) is 0 Å². The van der Waals surface area contributed by atoms with Crippen LogP contribution in [-0.2, 0) is 6.42 Å². The molecule has 5 heteroatoms. The van der Waals surface area contributed by atoms with Crippen LogP contribution in [0.5, 0.6) is 0 Å². The van der Waals surface area contributed by atoms with Gasteiger partial charge >= 0.3 is 0 Å². The molecule has 0 aliphatic heterocycles. The van der Waals surface area contributed by atoms with E-state index in [1.54, 1.807) is 29.7 Å². The molecule has 18 heavy (non-hydrogen) atoms. The smallest absolute Gasteiger partial charge is 0.254 e. The normalized spacial score (nSPS) is 12.1. The highest BCUT2D eigenvalue weighted by atomic mass is 32.1. The zero-order valence-electron chi connectivity index (χ0n) is 9.97. The van der Waals surface area contributed by atoms with Crippen LogP contribution in [-0.4, -0.2) is 16.9 Å². The third kappa shape index (κ3) is 3.27. The number of pyridine rings is 1. The van der Waals surface area contributed by atoms with Gasteiger partial charge < -0.3 is 10.3 Å². The molecule has 0 fully saturated rings. The largest absolute Gasteiger partial charge is 0.352 e. The highest BCUT2D eigenvalue weighted by Crippen LogP contribution is 2.11. The van der Waals surface area contributed by atoms with Crippen molar-refractivity contribution in [1.29, 1.82) is 0 Å². The fourth-order valence-electron chi connectivity index (χ4n) is 1.68. The van der Waals surface area contributed by atoms with E-state index in [9.17, 15) is 4.79 Å². The van der Waals surface area contributed by atoms with Gasteiger partial charge in [-0.2, -0.15) is 0 Å². The minimum atomic E-state index is -0.124. The molecule has 0 aliphatic rings. The summed E-state index contributed by atoms with van der Waals surface area (Å²) in [6, 6.07) is 7.68. The van der Waals surface area contributed by atoms with E-state index >= 15 is 0 Å². The molecule has 0 radical (unpaired) electrons. The van der Waals surface area contributed by atoms with E-state index in [2.05, 4.69) is 16.4 Å². The molecule has 1 atom stereocenters. The Hall–Kier alpha value is -1.46. The van der Waals surface area contributed by atoms with Crippen molar-refractivity contribution >= 4 is 29.5 Å². The molecule has 3 nitrogen and oxygen atoms in total. The fraction of sp³-hybridized carbons (Fsp3) is 0.231. The predicted octanol–water partition coefficient (Wildman–Crippen LogP) is 3.17. The first-order valence-electron chi connectivity index (χ1n) is 5.68. The van der Waals surface area contributed by atoms with Crippen LogP contribution in [0.3, 0.4) is 0 Å². The summed E-state index contributed by atoms with van der Waals surface area (Å²) in [6.45, 7) is 1.99. The standard InChI is InChI=1S/C13H14N2OS2/c1-9(8-10-4-3-7-18-10)15-12(16)11-5-2-6-14-13(11)17/h2-7,9H,8H2,1H3,(H,14,17)(H,15,16)/t9-/m1/s1. The Balaban J connectivity index is 1.99. The highest BCUT2D eigenvalue weighted by Gasteiger charge is 2.11. The number of H-pyrrole nitrogens is 1. The van der Waals surface area contributed by atoms with Gasteiger partial charge in [-0.25, -0.2) is 0 Å². The van der Waals surface area contributed by atoms with E-state index in [1.165, 1.54) is 4.88 Å². The van der Waals surface area contributed by atoms with E-state index in [0.717, 1.165) is 6.42 Å². The summed E-state index contributed by atoms with van der Waals surface area (Å²) in [5.74, 6) is -0.124. The molecule has 0 unspecified atom stereocenters. The summed E-state index contributed by atoms with van der Waals surface area (Å²) < 4.78 is 0.471. The fourth-order valence-corrected chi connectivity index (χ4v) is 2.75. The molecule has 2 aromatic heterocycles. The summed E-state index contributed by atoms with van der Waals surface area (Å²) in [6.07, 6.45) is 2.56. The third-order valence-electron chi connectivity index (χ3n) is 2.53. The van der Waals surface area contributed by atoms with Gasteiger partial charge in [-0.1, -0.05) is 18.3 Å². The Labute approximate surface area is 115 Å². The third-order valence-corrected chi connectivity index (χ3v) is 3.76. The molecule has 0 aliphatic carbocycles. The monoisotopic (exact) mass is 278 g/mol. The van der Waals surface area contributed by atoms with E-state index in [4.69, 9.17) is 12.2 Å². The quantitative estimate of drug-likeness (QED) is 0.844. The van der Waals surface area contributed by atoms with Crippen LogP contribution < -0.4 is 5.32 Å². The summed E-state index contributed by atoms with van der Waals surface area (Å²) in [5.41, 5.74) is 0.519. The van der Waals surface area contributed by atoms with E-state index in [1.807, 2.05) is 18.4 Å². The van der Waals surface area contributed by atoms with Gasteiger partial charge in [-0.3, -0.25) is 4.79 Å². The molecular formula is C13H14N2OS2. The number of hydrogen-bond donors (Lipinski definition) is 2. The maximum atomic E-state index is 12.0. The number of hydrogen-bond acceptors (Lipinski definition) is 3. The van der Waals surface area contributed by atoms with Gasteiger partial charge in [0.1, 0.15) is 4.64 Å². The molecule has 2 heterocycles. The second kappa shape index (κ2) is 5.93.